The molecule has 0 atom stereocenters. The summed E-state index contributed by atoms with van der Waals surface area (Å²) in [5.41, 5.74) is 1.18. The van der Waals surface area contributed by atoms with Crippen molar-refractivity contribution in [2.75, 3.05) is 21.3 Å². The smallest absolute Gasteiger partial charge is 0.203 e. The molecule has 2 aromatic heterocycles. The summed E-state index contributed by atoms with van der Waals surface area (Å²) in [6.45, 7) is 0. The van der Waals surface area contributed by atoms with Crippen molar-refractivity contribution in [2.45, 2.75) is 6.16 Å². The molecule has 1 aliphatic heterocycles. The number of rotatable bonds is 6. The third kappa shape index (κ3) is 3.29. The van der Waals surface area contributed by atoms with Crippen LogP contribution in [0.1, 0.15) is 5.56 Å². The minimum atomic E-state index is -2.11. The SMILES string of the molecule is COc1cc(C[P+]2(c3ccccc3)c3c(sc4ccccc34)-c3sc4ccccc4c32)cc(OC)c1OC. The fraction of sp³-hybridized carbons (Fsp3) is 0.125. The molecule has 6 heteroatoms. The van der Waals surface area contributed by atoms with Crippen LogP contribution in [0.5, 0.6) is 17.2 Å². The molecule has 3 heterocycles. The second-order valence-corrected chi connectivity index (χ2v) is 14.8. The van der Waals surface area contributed by atoms with Gasteiger partial charge in [-0.15, -0.1) is 22.7 Å². The number of benzene rings is 4. The lowest BCUT2D eigenvalue weighted by molar-refractivity contribution is 0.324. The van der Waals surface area contributed by atoms with E-state index in [2.05, 4.69) is 91.0 Å². The Morgan fingerprint density at radius 1 is 0.605 bits per heavy atom. The van der Waals surface area contributed by atoms with E-state index in [1.807, 2.05) is 22.7 Å². The van der Waals surface area contributed by atoms with Crippen LogP contribution >= 0.6 is 29.9 Å². The number of fused-ring (bicyclic) bond motifs is 7. The third-order valence-corrected chi connectivity index (χ3v) is 14.7. The molecular weight excluding hydrogens is 527 g/mol. The van der Waals surface area contributed by atoms with Gasteiger partial charge in [0.05, 0.1) is 37.2 Å². The zero-order chi connectivity index (χ0) is 25.9. The molecule has 3 nitrogen and oxygen atoms in total. The van der Waals surface area contributed by atoms with Crippen molar-refractivity contribution in [2.24, 2.45) is 0 Å². The molecule has 1 aliphatic rings. The Hall–Kier alpha value is -3.37. The van der Waals surface area contributed by atoms with E-state index < -0.39 is 7.26 Å². The highest BCUT2D eigenvalue weighted by Gasteiger charge is 2.57. The van der Waals surface area contributed by atoms with Gasteiger partial charge in [-0.1, -0.05) is 42.5 Å². The van der Waals surface area contributed by atoms with Crippen LogP contribution in [-0.2, 0) is 6.16 Å². The molecular formula is C32H26O3PS2+. The minimum absolute atomic E-state index is 0.626. The van der Waals surface area contributed by atoms with Gasteiger partial charge in [0.15, 0.2) is 11.5 Å². The van der Waals surface area contributed by atoms with Crippen molar-refractivity contribution in [3.8, 4) is 27.0 Å². The second-order valence-electron chi connectivity index (χ2n) is 9.39. The molecule has 0 bridgehead atoms. The Labute approximate surface area is 230 Å². The Bertz CT molecular complexity index is 1710. The fourth-order valence-electron chi connectivity index (χ4n) is 5.93. The predicted octanol–water partition coefficient (Wildman–Crippen LogP) is 7.62. The quantitative estimate of drug-likeness (QED) is 0.199. The summed E-state index contributed by atoms with van der Waals surface area (Å²) < 4.78 is 19.9. The first-order valence-corrected chi connectivity index (χ1v) is 16.1. The summed E-state index contributed by atoms with van der Waals surface area (Å²) in [4.78, 5) is 2.87. The van der Waals surface area contributed by atoms with Gasteiger partial charge in [0.2, 0.25) is 5.75 Å². The maximum atomic E-state index is 5.78. The van der Waals surface area contributed by atoms with E-state index in [0.29, 0.717) is 17.2 Å². The van der Waals surface area contributed by atoms with Crippen LogP contribution in [0.2, 0.25) is 0 Å². The first-order chi connectivity index (χ1) is 18.7. The van der Waals surface area contributed by atoms with Crippen molar-refractivity contribution in [1.82, 2.24) is 0 Å². The van der Waals surface area contributed by atoms with Gasteiger partial charge < -0.3 is 14.2 Å². The van der Waals surface area contributed by atoms with Gasteiger partial charge in [-0.3, -0.25) is 0 Å². The van der Waals surface area contributed by atoms with Crippen LogP contribution in [0.15, 0.2) is 91.0 Å². The molecule has 0 N–H and O–H groups in total. The van der Waals surface area contributed by atoms with Gasteiger partial charge in [0, 0.05) is 20.2 Å². The standard InChI is InChI=1S/C32H26O3PS2/c1-33-24-17-20(18-25(34-2)28(24)35-3)19-36(21-11-5-4-6-12-21)29-22-13-7-9-15-26(22)37-31(29)32-30(36)23-14-8-10-16-27(23)38-32/h4-18H,19H2,1-3H3/q+1. The molecule has 0 spiro atoms. The van der Waals surface area contributed by atoms with Crippen LogP contribution < -0.4 is 30.1 Å². The average Bonchev–Trinajstić information content (AvgIpc) is 3.62. The van der Waals surface area contributed by atoms with Gasteiger partial charge in [0.1, 0.15) is 23.2 Å². The summed E-state index contributed by atoms with van der Waals surface area (Å²) in [6, 6.07) is 33.3. The van der Waals surface area contributed by atoms with Crippen LogP contribution in [0.3, 0.4) is 0 Å². The second kappa shape index (κ2) is 9.13. The molecule has 0 radical (unpaired) electrons. The van der Waals surface area contributed by atoms with E-state index >= 15 is 0 Å². The molecule has 4 aromatic carbocycles. The minimum Gasteiger partial charge on any atom is -0.493 e. The summed E-state index contributed by atoms with van der Waals surface area (Å²) in [7, 11) is 2.92. The normalized spacial score (nSPS) is 13.4. The van der Waals surface area contributed by atoms with Crippen molar-refractivity contribution >= 4 is 66.0 Å². The predicted molar refractivity (Wildman–Crippen MR) is 165 cm³/mol. The zero-order valence-electron chi connectivity index (χ0n) is 21.4. The first kappa shape index (κ1) is 23.7. The molecule has 0 saturated heterocycles. The van der Waals surface area contributed by atoms with E-state index in [9.17, 15) is 0 Å². The van der Waals surface area contributed by atoms with E-state index in [1.165, 1.54) is 51.4 Å². The third-order valence-electron chi connectivity index (χ3n) is 7.45. The molecule has 0 unspecified atom stereocenters. The Morgan fingerprint density at radius 2 is 1.11 bits per heavy atom. The maximum Gasteiger partial charge on any atom is 0.203 e. The fourth-order valence-corrected chi connectivity index (χ4v) is 14.6. The van der Waals surface area contributed by atoms with Gasteiger partial charge in [-0.05, 0) is 54.1 Å². The lowest BCUT2D eigenvalue weighted by atomic mass is 10.2. The monoisotopic (exact) mass is 553 g/mol. The number of hydrogen-bond acceptors (Lipinski definition) is 5. The molecule has 0 fully saturated rings. The molecule has 38 heavy (non-hydrogen) atoms. The Kier molecular flexibility index (Phi) is 5.70. The van der Waals surface area contributed by atoms with E-state index in [1.54, 1.807) is 21.3 Å². The summed E-state index contributed by atoms with van der Waals surface area (Å²) >= 11 is 3.88. The van der Waals surface area contributed by atoms with Crippen LogP contribution in [0.4, 0.5) is 0 Å². The molecule has 7 rings (SSSR count). The van der Waals surface area contributed by atoms with Crippen molar-refractivity contribution in [1.29, 1.82) is 0 Å². The first-order valence-electron chi connectivity index (χ1n) is 12.5. The maximum absolute atomic E-state index is 5.78. The summed E-state index contributed by atoms with van der Waals surface area (Å²) in [6.07, 6.45) is 0.870. The highest BCUT2D eigenvalue weighted by molar-refractivity contribution is 7.97. The van der Waals surface area contributed by atoms with E-state index in [-0.39, 0.29) is 0 Å². The molecule has 0 aliphatic carbocycles. The number of hydrogen-bond donors (Lipinski definition) is 0. The molecule has 6 aromatic rings. The number of thiophene rings is 2. The lowest BCUT2D eigenvalue weighted by Gasteiger charge is -2.25. The van der Waals surface area contributed by atoms with E-state index in [0.717, 1.165) is 6.16 Å². The van der Waals surface area contributed by atoms with Crippen molar-refractivity contribution < 1.29 is 14.2 Å². The highest BCUT2D eigenvalue weighted by Crippen LogP contribution is 2.69. The van der Waals surface area contributed by atoms with Crippen LogP contribution in [0, 0.1) is 0 Å². The Balaban J connectivity index is 1.61. The molecule has 0 saturated carbocycles. The van der Waals surface area contributed by atoms with Gasteiger partial charge in [-0.2, -0.15) is 0 Å². The largest absolute Gasteiger partial charge is 0.493 e. The molecule has 0 amide bonds. The van der Waals surface area contributed by atoms with Gasteiger partial charge in [0.25, 0.3) is 0 Å². The van der Waals surface area contributed by atoms with Crippen molar-refractivity contribution in [3.05, 3.63) is 96.6 Å². The van der Waals surface area contributed by atoms with Crippen molar-refractivity contribution in [3.63, 3.8) is 0 Å². The summed E-state index contributed by atoms with van der Waals surface area (Å²) in [5.74, 6) is 2.01. The topological polar surface area (TPSA) is 27.7 Å². The van der Waals surface area contributed by atoms with Gasteiger partial charge >= 0.3 is 0 Å². The van der Waals surface area contributed by atoms with Crippen LogP contribution in [0.25, 0.3) is 29.9 Å². The Morgan fingerprint density at radius 3 is 1.61 bits per heavy atom. The number of methoxy groups -OCH3 is 3. The average molecular weight is 554 g/mol. The lowest BCUT2D eigenvalue weighted by Crippen LogP contribution is -2.29. The van der Waals surface area contributed by atoms with E-state index in [4.69, 9.17) is 14.2 Å². The van der Waals surface area contributed by atoms with Gasteiger partial charge in [-0.25, -0.2) is 0 Å². The number of ether oxygens (including phenoxy) is 3. The molecule has 188 valence electrons. The zero-order valence-corrected chi connectivity index (χ0v) is 23.9. The summed E-state index contributed by atoms with van der Waals surface area (Å²) in [5, 5.41) is 7.20. The highest BCUT2D eigenvalue weighted by atomic mass is 32.1. The van der Waals surface area contributed by atoms with Crippen LogP contribution in [-0.4, -0.2) is 21.3 Å².